The Balaban J connectivity index is 1.49. The monoisotopic (exact) mass is 358 g/mol. The summed E-state index contributed by atoms with van der Waals surface area (Å²) in [5.74, 6) is 0.663. The van der Waals surface area contributed by atoms with Crippen molar-refractivity contribution in [2.24, 2.45) is 5.92 Å². The van der Waals surface area contributed by atoms with Crippen LogP contribution >= 0.6 is 0 Å². The van der Waals surface area contributed by atoms with Crippen LogP contribution in [-0.4, -0.2) is 67.1 Å². The summed E-state index contributed by atoms with van der Waals surface area (Å²) in [6, 6.07) is 10.4. The minimum atomic E-state index is 0.138. The molecule has 4 nitrogen and oxygen atoms in total. The molecule has 0 saturated carbocycles. The summed E-state index contributed by atoms with van der Waals surface area (Å²) in [6.45, 7) is 11.5. The highest BCUT2D eigenvalue weighted by Gasteiger charge is 2.33. The predicted molar refractivity (Wildman–Crippen MR) is 105 cm³/mol. The Labute approximate surface area is 158 Å². The van der Waals surface area contributed by atoms with E-state index in [1.54, 1.807) is 0 Å². The van der Waals surface area contributed by atoms with Crippen molar-refractivity contribution in [2.75, 3.05) is 45.9 Å². The van der Waals surface area contributed by atoms with Crippen LogP contribution in [0.2, 0.25) is 0 Å². The smallest absolute Gasteiger partial charge is 0.137 e. The summed E-state index contributed by atoms with van der Waals surface area (Å²) >= 11 is 0. The van der Waals surface area contributed by atoms with Crippen molar-refractivity contribution in [3.05, 3.63) is 35.9 Å². The molecule has 144 valence electrons. The van der Waals surface area contributed by atoms with Gasteiger partial charge in [0.1, 0.15) is 5.78 Å². The van der Waals surface area contributed by atoms with Crippen molar-refractivity contribution in [1.82, 2.24) is 9.80 Å². The van der Waals surface area contributed by atoms with Crippen molar-refractivity contribution in [2.45, 2.75) is 45.1 Å². The molecular weight excluding hydrogens is 324 g/mol. The number of aryl methyl sites for hydroxylation is 1. The fourth-order valence-electron chi connectivity index (χ4n) is 4.39. The van der Waals surface area contributed by atoms with Gasteiger partial charge in [0.15, 0.2) is 0 Å². The number of ether oxygens (including phenoxy) is 1. The third-order valence-electron chi connectivity index (χ3n) is 5.94. The largest absolute Gasteiger partial charge is 0.379 e. The topological polar surface area (TPSA) is 32.8 Å². The van der Waals surface area contributed by atoms with Crippen LogP contribution in [0.1, 0.15) is 38.7 Å². The first-order chi connectivity index (χ1) is 12.5. The molecule has 0 aliphatic carbocycles. The first-order valence-corrected chi connectivity index (χ1v) is 10.2. The second-order valence-electron chi connectivity index (χ2n) is 8.44. The Morgan fingerprint density at radius 3 is 2.62 bits per heavy atom. The first-order valence-electron chi connectivity index (χ1n) is 10.2. The van der Waals surface area contributed by atoms with Gasteiger partial charge < -0.3 is 9.64 Å². The third-order valence-corrected chi connectivity index (χ3v) is 5.94. The van der Waals surface area contributed by atoms with Gasteiger partial charge in [0, 0.05) is 44.1 Å². The summed E-state index contributed by atoms with van der Waals surface area (Å²) < 4.78 is 5.50. The second kappa shape index (κ2) is 9.12. The summed E-state index contributed by atoms with van der Waals surface area (Å²) in [6.07, 6.45) is 3.74. The fourth-order valence-corrected chi connectivity index (χ4v) is 4.39. The van der Waals surface area contributed by atoms with E-state index in [0.29, 0.717) is 12.2 Å². The molecule has 1 aromatic carbocycles. The fraction of sp³-hybridized carbons (Fsp3) is 0.682. The van der Waals surface area contributed by atoms with Crippen LogP contribution in [-0.2, 0) is 16.0 Å². The molecule has 2 saturated heterocycles. The number of carbonyl (C=O) groups excluding carboxylic acids is 1. The summed E-state index contributed by atoms with van der Waals surface area (Å²) in [4.78, 5) is 17.8. The van der Waals surface area contributed by atoms with Crippen LogP contribution in [0.15, 0.2) is 30.3 Å². The molecule has 0 radical (unpaired) electrons. The van der Waals surface area contributed by atoms with Crippen molar-refractivity contribution in [3.8, 4) is 0 Å². The molecule has 2 heterocycles. The number of morpholine rings is 1. The number of carbonyl (C=O) groups is 1. The molecule has 0 spiro atoms. The molecule has 2 aliphatic heterocycles. The number of nitrogens with zero attached hydrogens (tertiary/aromatic N) is 2. The summed E-state index contributed by atoms with van der Waals surface area (Å²) in [7, 11) is 0. The third kappa shape index (κ3) is 5.38. The van der Waals surface area contributed by atoms with Crippen LogP contribution in [0.25, 0.3) is 0 Å². The van der Waals surface area contributed by atoms with Gasteiger partial charge in [0.05, 0.1) is 13.2 Å². The molecule has 2 fully saturated rings. The Kier molecular flexibility index (Phi) is 6.85. The van der Waals surface area contributed by atoms with Gasteiger partial charge in [-0.25, -0.2) is 0 Å². The van der Waals surface area contributed by atoms with Gasteiger partial charge >= 0.3 is 0 Å². The maximum absolute atomic E-state index is 12.7. The molecule has 1 atom stereocenters. The molecule has 0 aromatic heterocycles. The van der Waals surface area contributed by atoms with Crippen LogP contribution in [0, 0.1) is 5.92 Å². The molecule has 3 rings (SSSR count). The van der Waals surface area contributed by atoms with Crippen LogP contribution in [0.4, 0.5) is 0 Å². The maximum atomic E-state index is 12.7. The van der Waals surface area contributed by atoms with Crippen molar-refractivity contribution >= 4 is 5.78 Å². The van der Waals surface area contributed by atoms with E-state index in [-0.39, 0.29) is 11.5 Å². The lowest BCUT2D eigenvalue weighted by Gasteiger charge is -2.45. The lowest BCUT2D eigenvalue weighted by atomic mass is 9.89. The zero-order valence-corrected chi connectivity index (χ0v) is 16.5. The van der Waals surface area contributed by atoms with E-state index in [9.17, 15) is 4.79 Å². The Bertz CT molecular complexity index is 567. The highest BCUT2D eigenvalue weighted by atomic mass is 16.5. The van der Waals surface area contributed by atoms with Gasteiger partial charge in [-0.3, -0.25) is 9.69 Å². The SMILES string of the molecule is CC(C)(CN1CCC[C@H](C(=O)CCc2ccccc2)C1)N1CCOCC1. The predicted octanol–water partition coefficient (Wildman–Crippen LogP) is 3.01. The Morgan fingerprint density at radius 2 is 1.88 bits per heavy atom. The van der Waals surface area contributed by atoms with Crippen molar-refractivity contribution in [3.63, 3.8) is 0 Å². The number of likely N-dealkylation sites (tertiary alicyclic amines) is 1. The number of piperidine rings is 1. The van der Waals surface area contributed by atoms with E-state index in [1.165, 1.54) is 5.56 Å². The number of hydrogen-bond acceptors (Lipinski definition) is 4. The molecule has 0 unspecified atom stereocenters. The van der Waals surface area contributed by atoms with E-state index >= 15 is 0 Å². The maximum Gasteiger partial charge on any atom is 0.137 e. The minimum Gasteiger partial charge on any atom is -0.379 e. The Hall–Kier alpha value is -1.23. The minimum absolute atomic E-state index is 0.138. The lowest BCUT2D eigenvalue weighted by molar-refractivity contribution is -0.124. The molecule has 0 amide bonds. The standard InChI is InChI=1S/C22H34N2O2/c1-22(2,24-13-15-26-16-14-24)18-23-12-6-9-20(17-23)21(25)11-10-19-7-4-3-5-8-19/h3-5,7-8,20H,6,9-18H2,1-2H3/t20-/m0/s1. The Morgan fingerprint density at radius 1 is 1.15 bits per heavy atom. The van der Waals surface area contributed by atoms with E-state index in [0.717, 1.165) is 65.2 Å². The van der Waals surface area contributed by atoms with E-state index < -0.39 is 0 Å². The zero-order chi connectivity index (χ0) is 18.4. The van der Waals surface area contributed by atoms with Crippen molar-refractivity contribution < 1.29 is 9.53 Å². The average molecular weight is 359 g/mol. The lowest BCUT2D eigenvalue weighted by Crippen LogP contribution is -2.56. The first kappa shape index (κ1) is 19.5. The normalized spacial score (nSPS) is 23.1. The summed E-state index contributed by atoms with van der Waals surface area (Å²) in [5, 5.41) is 0. The van der Waals surface area contributed by atoms with E-state index in [1.807, 2.05) is 6.07 Å². The highest BCUT2D eigenvalue weighted by molar-refractivity contribution is 5.81. The van der Waals surface area contributed by atoms with Crippen LogP contribution in [0.3, 0.4) is 0 Å². The number of Topliss-reactive ketones (excluding diaryl/α,β-unsaturated/α-hetero) is 1. The van der Waals surface area contributed by atoms with Crippen molar-refractivity contribution in [1.29, 1.82) is 0 Å². The number of ketones is 1. The van der Waals surface area contributed by atoms with Gasteiger partial charge in [-0.05, 0) is 45.2 Å². The molecule has 0 N–H and O–H groups in total. The highest BCUT2D eigenvalue weighted by Crippen LogP contribution is 2.24. The molecule has 0 bridgehead atoms. The van der Waals surface area contributed by atoms with E-state index in [2.05, 4.69) is 47.9 Å². The van der Waals surface area contributed by atoms with Gasteiger partial charge in [0.25, 0.3) is 0 Å². The van der Waals surface area contributed by atoms with Gasteiger partial charge in [-0.2, -0.15) is 0 Å². The van der Waals surface area contributed by atoms with Gasteiger partial charge in [-0.1, -0.05) is 30.3 Å². The van der Waals surface area contributed by atoms with E-state index in [4.69, 9.17) is 4.74 Å². The molecule has 26 heavy (non-hydrogen) atoms. The van der Waals surface area contributed by atoms with Gasteiger partial charge in [0.2, 0.25) is 0 Å². The second-order valence-corrected chi connectivity index (χ2v) is 8.44. The molecule has 2 aliphatic rings. The number of rotatable bonds is 7. The van der Waals surface area contributed by atoms with Crippen LogP contribution < -0.4 is 0 Å². The number of benzene rings is 1. The van der Waals surface area contributed by atoms with Crippen LogP contribution in [0.5, 0.6) is 0 Å². The zero-order valence-electron chi connectivity index (χ0n) is 16.5. The quantitative estimate of drug-likeness (QED) is 0.750. The van der Waals surface area contributed by atoms with Gasteiger partial charge in [-0.15, -0.1) is 0 Å². The summed E-state index contributed by atoms with van der Waals surface area (Å²) in [5.41, 5.74) is 1.40. The molecular formula is C22H34N2O2. The molecule has 1 aromatic rings. The number of hydrogen-bond donors (Lipinski definition) is 0. The molecule has 4 heteroatoms. The average Bonchev–Trinajstić information content (AvgIpc) is 2.67.